The highest BCUT2D eigenvalue weighted by molar-refractivity contribution is 5.76. The van der Waals surface area contributed by atoms with E-state index in [9.17, 15) is 15.0 Å². The average molecular weight is 748 g/mol. The number of hydrogen-bond donors (Lipinski definition) is 3. The fourth-order valence-corrected chi connectivity index (χ4v) is 7.77. The Labute approximate surface area is 333 Å². The Kier molecular flexibility index (Phi) is 44.8. The van der Waals surface area contributed by atoms with Gasteiger partial charge in [-0.1, -0.05) is 244 Å². The van der Waals surface area contributed by atoms with Crippen LogP contribution in [0, 0.1) is 0 Å². The molecule has 0 aromatic carbocycles. The molecule has 316 valence electrons. The third-order valence-electron chi connectivity index (χ3n) is 11.5. The number of unbranched alkanes of at least 4 members (excludes halogenated alkanes) is 36. The summed E-state index contributed by atoms with van der Waals surface area (Å²) in [6, 6.07) is -0.533. The maximum atomic E-state index is 12.4. The van der Waals surface area contributed by atoms with Crippen molar-refractivity contribution in [1.82, 2.24) is 5.32 Å². The summed E-state index contributed by atoms with van der Waals surface area (Å²) in [5.41, 5.74) is 0. The highest BCUT2D eigenvalue weighted by Crippen LogP contribution is 2.17. The van der Waals surface area contributed by atoms with E-state index in [1.165, 1.54) is 225 Å². The summed E-state index contributed by atoms with van der Waals surface area (Å²) in [7, 11) is 0. The van der Waals surface area contributed by atoms with Gasteiger partial charge in [-0.05, 0) is 38.5 Å². The van der Waals surface area contributed by atoms with Crippen molar-refractivity contribution in [2.45, 2.75) is 289 Å². The van der Waals surface area contributed by atoms with Gasteiger partial charge in [0, 0.05) is 6.42 Å². The number of hydrogen-bond acceptors (Lipinski definition) is 3. The summed E-state index contributed by atoms with van der Waals surface area (Å²) in [6.07, 6.45) is 57.4. The Morgan fingerprint density at radius 2 is 0.717 bits per heavy atom. The molecule has 0 aliphatic heterocycles. The molecule has 2 atom stereocenters. The summed E-state index contributed by atoms with van der Waals surface area (Å²) < 4.78 is 0. The molecule has 0 bridgehead atoms. The van der Waals surface area contributed by atoms with Gasteiger partial charge in [-0.3, -0.25) is 4.79 Å². The zero-order valence-corrected chi connectivity index (χ0v) is 36.3. The predicted octanol–water partition coefficient (Wildman–Crippen LogP) is 15.4. The monoisotopic (exact) mass is 748 g/mol. The molecule has 2 unspecified atom stereocenters. The smallest absolute Gasteiger partial charge is 0.220 e. The molecule has 0 aliphatic carbocycles. The van der Waals surface area contributed by atoms with Crippen LogP contribution >= 0.6 is 0 Å². The van der Waals surface area contributed by atoms with Crippen molar-refractivity contribution in [3.05, 3.63) is 12.2 Å². The molecule has 0 radical (unpaired) electrons. The zero-order valence-electron chi connectivity index (χ0n) is 36.3. The lowest BCUT2D eigenvalue weighted by atomic mass is 10.0. The quantitative estimate of drug-likeness (QED) is 0.0429. The van der Waals surface area contributed by atoms with Crippen LogP contribution in [0.25, 0.3) is 0 Å². The van der Waals surface area contributed by atoms with Crippen LogP contribution in [0.4, 0.5) is 0 Å². The third-order valence-corrected chi connectivity index (χ3v) is 11.5. The van der Waals surface area contributed by atoms with Gasteiger partial charge in [0.2, 0.25) is 5.91 Å². The molecule has 1 amide bonds. The Bertz CT molecular complexity index is 725. The van der Waals surface area contributed by atoms with E-state index in [0.29, 0.717) is 12.8 Å². The fourth-order valence-electron chi connectivity index (χ4n) is 7.77. The number of nitrogens with one attached hydrogen (secondary N) is 1. The van der Waals surface area contributed by atoms with Crippen LogP contribution in [0.5, 0.6) is 0 Å². The van der Waals surface area contributed by atoms with E-state index < -0.39 is 12.1 Å². The number of aliphatic hydroxyl groups excluding tert-OH is 2. The largest absolute Gasteiger partial charge is 0.394 e. The fraction of sp³-hybridized carbons (Fsp3) is 0.939. The molecule has 0 spiro atoms. The second-order valence-electron chi connectivity index (χ2n) is 16.9. The van der Waals surface area contributed by atoms with Crippen LogP contribution < -0.4 is 5.32 Å². The number of rotatable bonds is 45. The van der Waals surface area contributed by atoms with Gasteiger partial charge in [0.05, 0.1) is 18.8 Å². The van der Waals surface area contributed by atoms with Gasteiger partial charge in [-0.15, -0.1) is 0 Å². The number of allylic oxidation sites excluding steroid dienone is 2. The molecule has 0 aromatic heterocycles. The van der Waals surface area contributed by atoms with E-state index >= 15 is 0 Å². The average Bonchev–Trinajstić information content (AvgIpc) is 3.16. The molecule has 0 saturated carbocycles. The summed E-state index contributed by atoms with van der Waals surface area (Å²) in [5, 5.41) is 23.2. The van der Waals surface area contributed by atoms with E-state index in [0.717, 1.165) is 25.7 Å². The van der Waals surface area contributed by atoms with E-state index in [4.69, 9.17) is 0 Å². The van der Waals surface area contributed by atoms with Gasteiger partial charge in [0.1, 0.15) is 0 Å². The summed E-state index contributed by atoms with van der Waals surface area (Å²) in [4.78, 5) is 12.4. The molecular formula is C49H97NO3. The van der Waals surface area contributed by atoms with E-state index in [1.54, 1.807) is 0 Å². The third kappa shape index (κ3) is 42.1. The molecule has 4 nitrogen and oxygen atoms in total. The Hall–Kier alpha value is -0.870. The number of amides is 1. The molecule has 0 fully saturated rings. The van der Waals surface area contributed by atoms with Crippen molar-refractivity contribution >= 4 is 5.91 Å². The van der Waals surface area contributed by atoms with Gasteiger partial charge in [0.25, 0.3) is 0 Å². The Balaban J connectivity index is 3.44. The Morgan fingerprint density at radius 1 is 0.434 bits per heavy atom. The van der Waals surface area contributed by atoms with Crippen molar-refractivity contribution in [1.29, 1.82) is 0 Å². The van der Waals surface area contributed by atoms with Crippen molar-refractivity contribution in [2.75, 3.05) is 6.61 Å². The minimum Gasteiger partial charge on any atom is -0.394 e. The first kappa shape index (κ1) is 52.1. The lowest BCUT2D eigenvalue weighted by molar-refractivity contribution is -0.123. The minimum absolute atomic E-state index is 0.0286. The lowest BCUT2D eigenvalue weighted by Gasteiger charge is -2.22. The first-order valence-electron chi connectivity index (χ1n) is 24.4. The molecule has 0 saturated heterocycles. The first-order valence-corrected chi connectivity index (χ1v) is 24.4. The van der Waals surface area contributed by atoms with Crippen molar-refractivity contribution < 1.29 is 15.0 Å². The molecular weight excluding hydrogens is 651 g/mol. The molecule has 0 aromatic rings. The molecule has 0 aliphatic rings. The maximum Gasteiger partial charge on any atom is 0.220 e. The number of aliphatic hydroxyl groups is 2. The van der Waals surface area contributed by atoms with Crippen LogP contribution in [0.15, 0.2) is 12.2 Å². The normalized spacial score (nSPS) is 12.9. The van der Waals surface area contributed by atoms with Crippen LogP contribution in [-0.4, -0.2) is 34.9 Å². The summed E-state index contributed by atoms with van der Waals surface area (Å²) in [5.74, 6) is -0.0286. The van der Waals surface area contributed by atoms with Gasteiger partial charge in [-0.2, -0.15) is 0 Å². The van der Waals surface area contributed by atoms with E-state index in [1.807, 2.05) is 0 Å². The van der Waals surface area contributed by atoms with E-state index in [-0.39, 0.29) is 12.5 Å². The lowest BCUT2D eigenvalue weighted by Crippen LogP contribution is -2.45. The van der Waals surface area contributed by atoms with Crippen molar-refractivity contribution in [2.24, 2.45) is 0 Å². The topological polar surface area (TPSA) is 69.6 Å². The van der Waals surface area contributed by atoms with Gasteiger partial charge >= 0.3 is 0 Å². The first-order chi connectivity index (χ1) is 26.2. The minimum atomic E-state index is -0.656. The molecule has 0 heterocycles. The predicted molar refractivity (Wildman–Crippen MR) is 235 cm³/mol. The summed E-state index contributed by atoms with van der Waals surface area (Å²) in [6.45, 7) is 4.38. The number of carbonyl (C=O) groups excluding carboxylic acids is 1. The van der Waals surface area contributed by atoms with Gasteiger partial charge in [0.15, 0.2) is 0 Å². The zero-order chi connectivity index (χ0) is 38.6. The number of carbonyl (C=O) groups is 1. The van der Waals surface area contributed by atoms with Crippen molar-refractivity contribution in [3.63, 3.8) is 0 Å². The standard InChI is InChI=1S/C49H97NO3/c1-3-5-7-9-11-13-15-17-19-20-21-22-23-24-25-26-27-28-29-30-31-33-35-37-39-41-43-45-49(53)50-47(46-51)48(52)44-42-40-38-36-34-32-18-16-14-12-10-8-6-4-2/h24-25,47-48,51-52H,3-23,26-46H2,1-2H3,(H,50,53)/b25-24-. The SMILES string of the molecule is CCCCCCCCCCCCCC/C=C\CCCCCCCCCCCCCC(=O)NC(CO)C(O)CCCCCCCCCCCCCCCC. The van der Waals surface area contributed by atoms with Crippen LogP contribution in [0.2, 0.25) is 0 Å². The van der Waals surface area contributed by atoms with Gasteiger partial charge in [-0.25, -0.2) is 0 Å². The summed E-state index contributed by atoms with van der Waals surface area (Å²) >= 11 is 0. The molecule has 3 N–H and O–H groups in total. The van der Waals surface area contributed by atoms with Crippen LogP contribution in [0.3, 0.4) is 0 Å². The highest BCUT2D eigenvalue weighted by atomic mass is 16.3. The van der Waals surface area contributed by atoms with Crippen LogP contribution in [0.1, 0.15) is 277 Å². The second-order valence-corrected chi connectivity index (χ2v) is 16.9. The molecule has 53 heavy (non-hydrogen) atoms. The van der Waals surface area contributed by atoms with Gasteiger partial charge < -0.3 is 15.5 Å². The molecule has 0 rings (SSSR count). The highest BCUT2D eigenvalue weighted by Gasteiger charge is 2.20. The maximum absolute atomic E-state index is 12.4. The Morgan fingerprint density at radius 3 is 1.04 bits per heavy atom. The molecule has 4 heteroatoms. The van der Waals surface area contributed by atoms with Crippen molar-refractivity contribution in [3.8, 4) is 0 Å². The van der Waals surface area contributed by atoms with Crippen LogP contribution in [-0.2, 0) is 4.79 Å². The van der Waals surface area contributed by atoms with E-state index in [2.05, 4.69) is 31.3 Å². The second kappa shape index (κ2) is 45.5.